The molecule has 1 fully saturated rings. The molecule has 120 valence electrons. The van der Waals surface area contributed by atoms with Gasteiger partial charge in [0.05, 0.1) is 6.54 Å². The molecule has 0 unspecified atom stereocenters. The lowest BCUT2D eigenvalue weighted by atomic mass is 10.1. The van der Waals surface area contributed by atoms with Crippen molar-refractivity contribution in [3.63, 3.8) is 0 Å². The Balaban J connectivity index is 1.77. The van der Waals surface area contributed by atoms with E-state index < -0.39 is 0 Å². The highest BCUT2D eigenvalue weighted by atomic mass is 16.2. The normalized spacial score (nSPS) is 17.3. The molecule has 3 heterocycles. The third-order valence-electron chi connectivity index (χ3n) is 3.76. The summed E-state index contributed by atoms with van der Waals surface area (Å²) < 4.78 is 0. The van der Waals surface area contributed by atoms with Gasteiger partial charge in [0.15, 0.2) is 0 Å². The van der Waals surface area contributed by atoms with Gasteiger partial charge < -0.3 is 16.0 Å². The van der Waals surface area contributed by atoms with E-state index in [9.17, 15) is 4.79 Å². The summed E-state index contributed by atoms with van der Waals surface area (Å²) in [5.41, 5.74) is 6.28. The van der Waals surface area contributed by atoms with Gasteiger partial charge in [-0.25, -0.2) is 19.9 Å². The molecule has 3 rings (SSSR count). The lowest BCUT2D eigenvalue weighted by Gasteiger charge is -2.15. The highest BCUT2D eigenvalue weighted by molar-refractivity contribution is 5.78. The second-order valence-corrected chi connectivity index (χ2v) is 5.48. The minimum absolute atomic E-state index is 0.0313. The SMILES string of the molecule is Cc1cc(Nc2ncccn2)nc([C@@H]2CCN(C(=O)CN)C2)n1. The molecule has 1 aliphatic heterocycles. The summed E-state index contributed by atoms with van der Waals surface area (Å²) in [6.07, 6.45) is 4.17. The molecule has 0 saturated carbocycles. The van der Waals surface area contributed by atoms with Gasteiger partial charge in [-0.2, -0.15) is 0 Å². The van der Waals surface area contributed by atoms with E-state index in [1.807, 2.05) is 13.0 Å². The lowest BCUT2D eigenvalue weighted by Crippen LogP contribution is -2.34. The lowest BCUT2D eigenvalue weighted by molar-refractivity contribution is -0.128. The molecule has 0 radical (unpaired) electrons. The van der Waals surface area contributed by atoms with Gasteiger partial charge in [-0.3, -0.25) is 4.79 Å². The summed E-state index contributed by atoms with van der Waals surface area (Å²) in [4.78, 5) is 30.8. The van der Waals surface area contributed by atoms with Gasteiger partial charge in [0.25, 0.3) is 0 Å². The number of rotatable bonds is 4. The van der Waals surface area contributed by atoms with E-state index in [4.69, 9.17) is 5.73 Å². The van der Waals surface area contributed by atoms with Crippen molar-refractivity contribution in [3.05, 3.63) is 36.0 Å². The third kappa shape index (κ3) is 3.59. The molecule has 2 aromatic heterocycles. The van der Waals surface area contributed by atoms with Gasteiger partial charge in [-0.05, 0) is 19.4 Å². The molecule has 1 atom stereocenters. The number of nitrogens with one attached hydrogen (secondary N) is 1. The molecule has 1 amide bonds. The summed E-state index contributed by atoms with van der Waals surface area (Å²) in [5.74, 6) is 1.97. The predicted octanol–water partition coefficient (Wildman–Crippen LogP) is 0.593. The fourth-order valence-corrected chi connectivity index (χ4v) is 2.64. The Morgan fingerprint density at radius 2 is 2.17 bits per heavy atom. The molecule has 1 aliphatic rings. The smallest absolute Gasteiger partial charge is 0.236 e. The molecule has 2 aromatic rings. The largest absolute Gasteiger partial charge is 0.341 e. The number of nitrogens with two attached hydrogens (primary N) is 1. The molecule has 0 aliphatic carbocycles. The van der Waals surface area contributed by atoms with Gasteiger partial charge in [0, 0.05) is 43.2 Å². The van der Waals surface area contributed by atoms with Crippen molar-refractivity contribution >= 4 is 17.7 Å². The number of nitrogens with zero attached hydrogens (tertiary/aromatic N) is 5. The summed E-state index contributed by atoms with van der Waals surface area (Å²) in [6.45, 7) is 3.27. The van der Waals surface area contributed by atoms with Crippen LogP contribution >= 0.6 is 0 Å². The first-order valence-corrected chi connectivity index (χ1v) is 7.53. The summed E-state index contributed by atoms with van der Waals surface area (Å²) in [5, 5.41) is 3.08. The second kappa shape index (κ2) is 6.66. The predicted molar refractivity (Wildman–Crippen MR) is 85.1 cm³/mol. The van der Waals surface area contributed by atoms with Crippen LogP contribution in [0.4, 0.5) is 11.8 Å². The average molecular weight is 313 g/mol. The Hall–Kier alpha value is -2.61. The number of likely N-dealkylation sites (tertiary alicyclic amines) is 1. The van der Waals surface area contributed by atoms with E-state index >= 15 is 0 Å². The van der Waals surface area contributed by atoms with Crippen LogP contribution in [0.25, 0.3) is 0 Å². The van der Waals surface area contributed by atoms with E-state index in [2.05, 4.69) is 25.3 Å². The van der Waals surface area contributed by atoms with Crippen LogP contribution in [0.2, 0.25) is 0 Å². The van der Waals surface area contributed by atoms with Crippen LogP contribution in [0, 0.1) is 6.92 Å². The zero-order valence-corrected chi connectivity index (χ0v) is 12.9. The number of hydrogen-bond donors (Lipinski definition) is 2. The monoisotopic (exact) mass is 313 g/mol. The van der Waals surface area contributed by atoms with Crippen LogP contribution in [0.3, 0.4) is 0 Å². The molecule has 0 aromatic carbocycles. The van der Waals surface area contributed by atoms with E-state index in [-0.39, 0.29) is 18.4 Å². The number of carbonyl (C=O) groups is 1. The second-order valence-electron chi connectivity index (χ2n) is 5.48. The molecule has 1 saturated heterocycles. The van der Waals surface area contributed by atoms with Crippen LogP contribution in [0.5, 0.6) is 0 Å². The maximum Gasteiger partial charge on any atom is 0.236 e. The molecule has 8 heteroatoms. The van der Waals surface area contributed by atoms with Crippen LogP contribution in [-0.2, 0) is 4.79 Å². The zero-order chi connectivity index (χ0) is 16.2. The topological polar surface area (TPSA) is 110 Å². The summed E-state index contributed by atoms with van der Waals surface area (Å²) in [6, 6.07) is 3.60. The average Bonchev–Trinajstić information content (AvgIpc) is 3.04. The van der Waals surface area contributed by atoms with E-state index in [0.29, 0.717) is 24.9 Å². The molecular formula is C15H19N7O. The molecule has 23 heavy (non-hydrogen) atoms. The first-order chi connectivity index (χ1) is 11.2. The number of anilines is 2. The minimum Gasteiger partial charge on any atom is -0.341 e. The van der Waals surface area contributed by atoms with E-state index in [1.54, 1.807) is 23.4 Å². The maximum atomic E-state index is 11.7. The van der Waals surface area contributed by atoms with Crippen molar-refractivity contribution in [3.8, 4) is 0 Å². The van der Waals surface area contributed by atoms with Crippen molar-refractivity contribution in [1.82, 2.24) is 24.8 Å². The maximum absolute atomic E-state index is 11.7. The van der Waals surface area contributed by atoms with Crippen molar-refractivity contribution in [2.24, 2.45) is 5.73 Å². The minimum atomic E-state index is -0.0313. The number of carbonyl (C=O) groups excluding carboxylic acids is 1. The standard InChI is InChI=1S/C15H19N7O/c1-10-7-12(21-15-17-4-2-5-18-15)20-14(19-10)11-3-6-22(9-11)13(23)8-16/h2,4-5,7,11H,3,6,8-9,16H2,1H3,(H,17,18,19,20,21)/t11-/m1/s1. The molecule has 0 bridgehead atoms. The highest BCUT2D eigenvalue weighted by Gasteiger charge is 2.28. The van der Waals surface area contributed by atoms with E-state index in [1.165, 1.54) is 0 Å². The molecule has 3 N–H and O–H groups in total. The number of aromatic nitrogens is 4. The molecule has 0 spiro atoms. The van der Waals surface area contributed by atoms with Crippen LogP contribution in [-0.4, -0.2) is 50.4 Å². The van der Waals surface area contributed by atoms with E-state index in [0.717, 1.165) is 17.9 Å². The van der Waals surface area contributed by atoms with Crippen molar-refractivity contribution < 1.29 is 4.79 Å². The van der Waals surface area contributed by atoms with Gasteiger partial charge in [0.1, 0.15) is 11.6 Å². The Morgan fingerprint density at radius 1 is 1.39 bits per heavy atom. The first kappa shape index (κ1) is 15.3. The zero-order valence-electron chi connectivity index (χ0n) is 12.9. The van der Waals surface area contributed by atoms with Gasteiger partial charge in [-0.15, -0.1) is 0 Å². The fourth-order valence-electron chi connectivity index (χ4n) is 2.64. The number of aryl methyl sites for hydroxylation is 1. The summed E-state index contributed by atoms with van der Waals surface area (Å²) >= 11 is 0. The van der Waals surface area contributed by atoms with Gasteiger partial charge in [-0.1, -0.05) is 0 Å². The third-order valence-corrected chi connectivity index (χ3v) is 3.76. The van der Waals surface area contributed by atoms with Crippen molar-refractivity contribution in [1.29, 1.82) is 0 Å². The van der Waals surface area contributed by atoms with Gasteiger partial charge in [0.2, 0.25) is 11.9 Å². The molecule has 8 nitrogen and oxygen atoms in total. The first-order valence-electron chi connectivity index (χ1n) is 7.53. The van der Waals surface area contributed by atoms with Crippen LogP contribution in [0.15, 0.2) is 24.5 Å². The Kier molecular flexibility index (Phi) is 4.42. The van der Waals surface area contributed by atoms with Crippen molar-refractivity contribution in [2.45, 2.75) is 19.3 Å². The van der Waals surface area contributed by atoms with Crippen LogP contribution < -0.4 is 11.1 Å². The number of hydrogen-bond acceptors (Lipinski definition) is 7. The van der Waals surface area contributed by atoms with Crippen molar-refractivity contribution in [2.75, 3.05) is 25.0 Å². The summed E-state index contributed by atoms with van der Waals surface area (Å²) in [7, 11) is 0. The Labute approximate surface area is 134 Å². The fraction of sp³-hybridized carbons (Fsp3) is 0.400. The Bertz CT molecular complexity index is 691. The highest BCUT2D eigenvalue weighted by Crippen LogP contribution is 2.26. The Morgan fingerprint density at radius 3 is 2.91 bits per heavy atom. The number of amides is 1. The molecular weight excluding hydrogens is 294 g/mol. The van der Waals surface area contributed by atoms with Crippen LogP contribution in [0.1, 0.15) is 23.9 Å². The quantitative estimate of drug-likeness (QED) is 0.850. The van der Waals surface area contributed by atoms with Gasteiger partial charge >= 0.3 is 0 Å².